The van der Waals surface area contributed by atoms with Crippen LogP contribution in [0.25, 0.3) is 0 Å². The molecule has 0 aliphatic heterocycles. The van der Waals surface area contributed by atoms with Crippen LogP contribution in [0.1, 0.15) is 44.2 Å². The highest BCUT2D eigenvalue weighted by Crippen LogP contribution is 2.15. The largest absolute Gasteiger partial charge is 0.319 e. The molecule has 0 spiro atoms. The van der Waals surface area contributed by atoms with Gasteiger partial charge in [-0.1, -0.05) is 51.5 Å². The fraction of sp³-hybridized carbons (Fsp3) is 0.647. The van der Waals surface area contributed by atoms with Crippen LogP contribution in [-0.2, 0) is 6.54 Å². The van der Waals surface area contributed by atoms with Gasteiger partial charge in [0.2, 0.25) is 0 Å². The lowest BCUT2D eigenvalue weighted by Crippen LogP contribution is -2.30. The Morgan fingerprint density at radius 3 is 2.26 bits per heavy atom. The summed E-state index contributed by atoms with van der Waals surface area (Å²) in [6, 6.07) is 9.06. The number of hydrogen-bond donors (Lipinski definition) is 1. The number of hydrogen-bond acceptors (Lipinski definition) is 2. The summed E-state index contributed by atoms with van der Waals surface area (Å²) < 4.78 is 0. The third-order valence-corrected chi connectivity index (χ3v) is 3.74. The molecule has 0 saturated carbocycles. The van der Waals surface area contributed by atoms with Gasteiger partial charge in [0, 0.05) is 13.1 Å². The molecule has 1 aromatic carbocycles. The molecule has 1 N–H and O–H groups in total. The second-order valence-electron chi connectivity index (χ2n) is 5.92. The molecule has 2 heteroatoms. The molecule has 19 heavy (non-hydrogen) atoms. The minimum atomic E-state index is 0.617. The first-order valence-corrected chi connectivity index (χ1v) is 7.48. The molecule has 108 valence electrons. The maximum absolute atomic E-state index is 3.28. The van der Waals surface area contributed by atoms with Crippen LogP contribution < -0.4 is 5.32 Å². The van der Waals surface area contributed by atoms with E-state index in [1.807, 2.05) is 7.05 Å². The third-order valence-electron chi connectivity index (χ3n) is 3.74. The summed E-state index contributed by atoms with van der Waals surface area (Å²) >= 11 is 0. The summed E-state index contributed by atoms with van der Waals surface area (Å²) in [7, 11) is 4.25. The van der Waals surface area contributed by atoms with Crippen LogP contribution in [0.3, 0.4) is 0 Å². The Hall–Kier alpha value is -0.860. The van der Waals surface area contributed by atoms with Crippen LogP contribution in [0.2, 0.25) is 0 Å². The highest BCUT2D eigenvalue weighted by molar-refractivity contribution is 5.24. The van der Waals surface area contributed by atoms with Gasteiger partial charge in [0.15, 0.2) is 0 Å². The maximum Gasteiger partial charge on any atom is 0.0230 e. The van der Waals surface area contributed by atoms with E-state index in [1.54, 1.807) is 0 Å². The maximum atomic E-state index is 3.28. The number of nitrogens with zero attached hydrogens (tertiary/aromatic N) is 1. The van der Waals surface area contributed by atoms with Gasteiger partial charge >= 0.3 is 0 Å². The molecule has 0 aliphatic rings. The SMILES string of the molecule is CCC(CNC)CN(C)Cc1ccc(C(C)C)cc1. The van der Waals surface area contributed by atoms with Crippen LogP contribution in [0, 0.1) is 5.92 Å². The second kappa shape index (κ2) is 8.34. The molecule has 1 rings (SSSR count). The van der Waals surface area contributed by atoms with Crippen molar-refractivity contribution in [1.82, 2.24) is 10.2 Å². The lowest BCUT2D eigenvalue weighted by atomic mass is 10.0. The van der Waals surface area contributed by atoms with Crippen LogP contribution in [0.4, 0.5) is 0 Å². The molecule has 0 aliphatic carbocycles. The van der Waals surface area contributed by atoms with E-state index in [0.29, 0.717) is 5.92 Å². The van der Waals surface area contributed by atoms with E-state index in [0.717, 1.165) is 25.6 Å². The Balaban J connectivity index is 2.49. The number of benzene rings is 1. The zero-order valence-corrected chi connectivity index (χ0v) is 13.2. The van der Waals surface area contributed by atoms with Gasteiger partial charge in [-0.05, 0) is 43.6 Å². The number of nitrogens with one attached hydrogen (secondary N) is 1. The predicted molar refractivity (Wildman–Crippen MR) is 84.6 cm³/mol. The Kier molecular flexibility index (Phi) is 7.11. The summed E-state index contributed by atoms with van der Waals surface area (Å²) in [6.07, 6.45) is 1.23. The smallest absolute Gasteiger partial charge is 0.0230 e. The van der Waals surface area contributed by atoms with Gasteiger partial charge in [-0.3, -0.25) is 0 Å². The quantitative estimate of drug-likeness (QED) is 0.771. The molecule has 2 nitrogen and oxygen atoms in total. The third kappa shape index (κ3) is 5.75. The molecule has 0 radical (unpaired) electrons. The van der Waals surface area contributed by atoms with Gasteiger partial charge in [0.05, 0.1) is 0 Å². The first-order valence-electron chi connectivity index (χ1n) is 7.48. The van der Waals surface area contributed by atoms with Crippen molar-refractivity contribution in [2.24, 2.45) is 5.92 Å². The van der Waals surface area contributed by atoms with Gasteiger partial charge in [-0.25, -0.2) is 0 Å². The second-order valence-corrected chi connectivity index (χ2v) is 5.92. The van der Waals surface area contributed by atoms with E-state index < -0.39 is 0 Å². The van der Waals surface area contributed by atoms with Gasteiger partial charge in [0.25, 0.3) is 0 Å². The van der Waals surface area contributed by atoms with Crippen molar-refractivity contribution in [3.05, 3.63) is 35.4 Å². The molecule has 1 atom stereocenters. The van der Waals surface area contributed by atoms with Crippen molar-refractivity contribution >= 4 is 0 Å². The highest BCUT2D eigenvalue weighted by atomic mass is 15.1. The van der Waals surface area contributed by atoms with Crippen molar-refractivity contribution in [1.29, 1.82) is 0 Å². The molecule has 1 aromatic rings. The van der Waals surface area contributed by atoms with Crippen molar-refractivity contribution in [2.45, 2.75) is 39.7 Å². The molecular formula is C17H30N2. The van der Waals surface area contributed by atoms with Crippen molar-refractivity contribution < 1.29 is 0 Å². The van der Waals surface area contributed by atoms with Crippen LogP contribution in [-0.4, -0.2) is 32.1 Å². The van der Waals surface area contributed by atoms with Crippen molar-refractivity contribution in [2.75, 3.05) is 27.2 Å². The Labute approximate surface area is 119 Å². The average Bonchev–Trinajstić information content (AvgIpc) is 2.38. The molecule has 0 fully saturated rings. The fourth-order valence-corrected chi connectivity index (χ4v) is 2.45. The van der Waals surface area contributed by atoms with E-state index in [1.165, 1.54) is 17.5 Å². The summed E-state index contributed by atoms with van der Waals surface area (Å²) in [5.74, 6) is 1.36. The summed E-state index contributed by atoms with van der Waals surface area (Å²) in [4.78, 5) is 2.43. The van der Waals surface area contributed by atoms with Crippen molar-refractivity contribution in [3.8, 4) is 0 Å². The Bertz CT molecular complexity index is 343. The van der Waals surface area contributed by atoms with E-state index >= 15 is 0 Å². The topological polar surface area (TPSA) is 15.3 Å². The van der Waals surface area contributed by atoms with Crippen LogP contribution >= 0.6 is 0 Å². The zero-order valence-electron chi connectivity index (χ0n) is 13.2. The molecule has 0 amide bonds. The minimum absolute atomic E-state index is 0.617. The lowest BCUT2D eigenvalue weighted by molar-refractivity contribution is 0.262. The zero-order chi connectivity index (χ0) is 14.3. The van der Waals surface area contributed by atoms with Gasteiger partial charge in [-0.15, -0.1) is 0 Å². The number of rotatable bonds is 8. The molecule has 0 heterocycles. The van der Waals surface area contributed by atoms with E-state index in [4.69, 9.17) is 0 Å². The normalized spacial score (nSPS) is 13.2. The van der Waals surface area contributed by atoms with Crippen LogP contribution in [0.5, 0.6) is 0 Å². The molecule has 0 saturated heterocycles. The Morgan fingerprint density at radius 1 is 1.16 bits per heavy atom. The van der Waals surface area contributed by atoms with E-state index in [9.17, 15) is 0 Å². The molecular weight excluding hydrogens is 232 g/mol. The summed E-state index contributed by atoms with van der Waals surface area (Å²) in [6.45, 7) is 10.1. The fourth-order valence-electron chi connectivity index (χ4n) is 2.45. The van der Waals surface area contributed by atoms with E-state index in [-0.39, 0.29) is 0 Å². The highest BCUT2D eigenvalue weighted by Gasteiger charge is 2.09. The van der Waals surface area contributed by atoms with Crippen LogP contribution in [0.15, 0.2) is 24.3 Å². The van der Waals surface area contributed by atoms with Crippen molar-refractivity contribution in [3.63, 3.8) is 0 Å². The minimum Gasteiger partial charge on any atom is -0.319 e. The average molecular weight is 262 g/mol. The van der Waals surface area contributed by atoms with Gasteiger partial charge < -0.3 is 10.2 Å². The first-order chi connectivity index (χ1) is 9.06. The molecule has 1 unspecified atom stereocenters. The summed E-state index contributed by atoms with van der Waals surface area (Å²) in [5.41, 5.74) is 2.83. The standard InChI is InChI=1S/C17H30N2/c1-6-15(11-18-4)12-19(5)13-16-7-9-17(10-8-16)14(2)3/h7-10,14-15,18H,6,11-13H2,1-5H3. The van der Waals surface area contributed by atoms with Gasteiger partial charge in [-0.2, -0.15) is 0 Å². The summed E-state index contributed by atoms with van der Waals surface area (Å²) in [5, 5.41) is 3.28. The van der Waals surface area contributed by atoms with E-state index in [2.05, 4.69) is 62.3 Å². The first kappa shape index (κ1) is 16.2. The predicted octanol–water partition coefficient (Wildman–Crippen LogP) is 3.49. The van der Waals surface area contributed by atoms with Gasteiger partial charge in [0.1, 0.15) is 0 Å². The monoisotopic (exact) mass is 262 g/mol. The Morgan fingerprint density at radius 2 is 1.79 bits per heavy atom. The lowest BCUT2D eigenvalue weighted by Gasteiger charge is -2.23. The molecule has 0 aromatic heterocycles. The molecule has 0 bridgehead atoms.